The van der Waals surface area contributed by atoms with E-state index in [0.717, 1.165) is 0 Å². The minimum atomic E-state index is -2.45. The molecule has 1 nitrogen and oxygen atoms in total. The van der Waals surface area contributed by atoms with Gasteiger partial charge in [0.25, 0.3) is 5.92 Å². The molecule has 54 valence electrons. The maximum Gasteiger partial charge on any atom is 0.264 e. The highest BCUT2D eigenvalue weighted by Crippen LogP contribution is 2.31. The molecule has 1 heterocycles. The third-order valence-corrected chi connectivity index (χ3v) is 1.79. The lowest BCUT2D eigenvalue weighted by atomic mass is 10.1. The van der Waals surface area contributed by atoms with E-state index in [2.05, 4.69) is 0 Å². The van der Waals surface area contributed by atoms with Crippen LogP contribution in [0.4, 0.5) is 8.78 Å². The van der Waals surface area contributed by atoms with E-state index in [1.165, 1.54) is 0 Å². The van der Waals surface area contributed by atoms with Crippen molar-refractivity contribution in [2.75, 3.05) is 20.1 Å². The van der Waals surface area contributed by atoms with Crippen LogP contribution in [0.25, 0.3) is 0 Å². The topological polar surface area (TPSA) is 3.24 Å². The molecule has 1 rings (SSSR count). The van der Waals surface area contributed by atoms with Crippen molar-refractivity contribution in [2.45, 2.75) is 12.8 Å². The zero-order valence-corrected chi connectivity index (χ0v) is 5.69. The number of nitrogens with zero attached hydrogens (tertiary/aromatic N) is 1. The third-order valence-electron chi connectivity index (χ3n) is 1.79. The number of likely N-dealkylation sites (tertiary alicyclic amines) is 1. The fraction of sp³-hybridized carbons (Fsp3) is 1.00. The van der Waals surface area contributed by atoms with Crippen molar-refractivity contribution in [1.82, 2.24) is 4.90 Å². The molecule has 1 aliphatic heterocycles. The summed E-state index contributed by atoms with van der Waals surface area (Å²) in [6.45, 7) is 2.03. The minimum absolute atomic E-state index is 0.0752. The summed E-state index contributed by atoms with van der Waals surface area (Å²) in [4.78, 5) is 1.66. The van der Waals surface area contributed by atoms with Gasteiger partial charge in [0, 0.05) is 12.5 Å². The highest BCUT2D eigenvalue weighted by Gasteiger charge is 2.43. The number of halogens is 2. The monoisotopic (exact) mass is 135 g/mol. The Morgan fingerprint density at radius 1 is 1.56 bits per heavy atom. The van der Waals surface area contributed by atoms with Crippen LogP contribution >= 0.6 is 0 Å². The van der Waals surface area contributed by atoms with Crippen LogP contribution in [0.1, 0.15) is 6.92 Å². The summed E-state index contributed by atoms with van der Waals surface area (Å²) >= 11 is 0. The Morgan fingerprint density at radius 2 is 2.11 bits per heavy atom. The Balaban J connectivity index is 2.58. The van der Waals surface area contributed by atoms with Crippen molar-refractivity contribution in [1.29, 1.82) is 0 Å². The molecule has 9 heavy (non-hydrogen) atoms. The average Bonchev–Trinajstić information content (AvgIpc) is 1.79. The van der Waals surface area contributed by atoms with Crippen LogP contribution in [-0.4, -0.2) is 31.0 Å². The van der Waals surface area contributed by atoms with Gasteiger partial charge in [0.1, 0.15) is 0 Å². The standard InChI is InChI=1S/C6H11F2N/c1-5-3-9(2)4-6(5,7)8/h5H,3-4H2,1-2H3. The molecule has 0 N–H and O–H groups in total. The highest BCUT2D eigenvalue weighted by molar-refractivity contribution is 4.85. The summed E-state index contributed by atoms with van der Waals surface area (Å²) in [7, 11) is 1.72. The summed E-state index contributed by atoms with van der Waals surface area (Å²) < 4.78 is 25.1. The van der Waals surface area contributed by atoms with Gasteiger partial charge in [-0.2, -0.15) is 0 Å². The van der Waals surface area contributed by atoms with Crippen molar-refractivity contribution in [3.63, 3.8) is 0 Å². The Hall–Kier alpha value is -0.180. The highest BCUT2D eigenvalue weighted by atomic mass is 19.3. The van der Waals surface area contributed by atoms with E-state index < -0.39 is 11.8 Å². The third kappa shape index (κ3) is 1.21. The number of rotatable bonds is 0. The predicted molar refractivity (Wildman–Crippen MR) is 31.6 cm³/mol. The second-order valence-corrected chi connectivity index (χ2v) is 2.86. The Morgan fingerprint density at radius 3 is 2.22 bits per heavy atom. The molecule has 1 aliphatic rings. The second kappa shape index (κ2) is 1.90. The van der Waals surface area contributed by atoms with Gasteiger partial charge in [-0.15, -0.1) is 0 Å². The molecule has 0 aliphatic carbocycles. The first-order chi connectivity index (χ1) is 4.02. The molecule has 0 spiro atoms. The van der Waals surface area contributed by atoms with Gasteiger partial charge in [-0.1, -0.05) is 6.92 Å². The first kappa shape index (κ1) is 6.93. The van der Waals surface area contributed by atoms with Crippen LogP contribution in [0.2, 0.25) is 0 Å². The maximum atomic E-state index is 12.5. The first-order valence-corrected chi connectivity index (χ1v) is 3.09. The number of hydrogen-bond donors (Lipinski definition) is 0. The van der Waals surface area contributed by atoms with Gasteiger partial charge in [0.05, 0.1) is 6.54 Å². The fourth-order valence-electron chi connectivity index (χ4n) is 1.18. The summed E-state index contributed by atoms with van der Waals surface area (Å²) in [5.41, 5.74) is 0. The molecule has 3 heteroatoms. The zero-order valence-electron chi connectivity index (χ0n) is 5.69. The minimum Gasteiger partial charge on any atom is -0.300 e. The van der Waals surface area contributed by atoms with Gasteiger partial charge < -0.3 is 4.90 Å². The molecule has 0 aromatic rings. The largest absolute Gasteiger partial charge is 0.300 e. The van der Waals surface area contributed by atoms with Gasteiger partial charge >= 0.3 is 0 Å². The first-order valence-electron chi connectivity index (χ1n) is 3.09. The van der Waals surface area contributed by atoms with Crippen molar-refractivity contribution >= 4 is 0 Å². The van der Waals surface area contributed by atoms with Crippen LogP contribution in [0, 0.1) is 5.92 Å². The van der Waals surface area contributed by atoms with E-state index in [4.69, 9.17) is 0 Å². The molecule has 1 atom stereocenters. The molecule has 0 saturated carbocycles. The van der Waals surface area contributed by atoms with Crippen LogP contribution in [0.5, 0.6) is 0 Å². The van der Waals surface area contributed by atoms with Crippen molar-refractivity contribution in [3.05, 3.63) is 0 Å². The normalized spacial score (nSPS) is 35.3. The summed E-state index contributed by atoms with van der Waals surface area (Å²) in [6.07, 6.45) is 0. The van der Waals surface area contributed by atoms with Gasteiger partial charge in [0.15, 0.2) is 0 Å². The van der Waals surface area contributed by atoms with Gasteiger partial charge in [-0.05, 0) is 7.05 Å². The lowest BCUT2D eigenvalue weighted by Gasteiger charge is -2.11. The second-order valence-electron chi connectivity index (χ2n) is 2.86. The molecule has 1 unspecified atom stereocenters. The molecule has 0 amide bonds. The van der Waals surface area contributed by atoms with E-state index >= 15 is 0 Å². The predicted octanol–water partition coefficient (Wildman–Crippen LogP) is 1.20. The van der Waals surface area contributed by atoms with Crippen LogP contribution < -0.4 is 0 Å². The Kier molecular flexibility index (Phi) is 1.47. The van der Waals surface area contributed by atoms with Gasteiger partial charge in [-0.3, -0.25) is 0 Å². The average molecular weight is 135 g/mol. The number of hydrogen-bond acceptors (Lipinski definition) is 1. The van der Waals surface area contributed by atoms with Gasteiger partial charge in [0.2, 0.25) is 0 Å². The van der Waals surface area contributed by atoms with Crippen molar-refractivity contribution in [2.24, 2.45) is 5.92 Å². The van der Waals surface area contributed by atoms with E-state index in [-0.39, 0.29) is 6.54 Å². The van der Waals surface area contributed by atoms with E-state index in [1.54, 1.807) is 18.9 Å². The molecule has 0 aromatic carbocycles. The molecule has 0 radical (unpaired) electrons. The van der Waals surface area contributed by atoms with Crippen LogP contribution in [-0.2, 0) is 0 Å². The van der Waals surface area contributed by atoms with Crippen molar-refractivity contribution in [3.8, 4) is 0 Å². The molecule has 1 saturated heterocycles. The van der Waals surface area contributed by atoms with E-state index in [1.807, 2.05) is 0 Å². The van der Waals surface area contributed by atoms with Gasteiger partial charge in [-0.25, -0.2) is 8.78 Å². The maximum absolute atomic E-state index is 12.5. The fourth-order valence-corrected chi connectivity index (χ4v) is 1.18. The van der Waals surface area contributed by atoms with Crippen LogP contribution in [0.15, 0.2) is 0 Å². The molecule has 1 fully saturated rings. The van der Waals surface area contributed by atoms with E-state index in [9.17, 15) is 8.78 Å². The molecule has 0 aromatic heterocycles. The van der Waals surface area contributed by atoms with Crippen molar-refractivity contribution < 1.29 is 8.78 Å². The summed E-state index contributed by atoms with van der Waals surface area (Å²) in [5, 5.41) is 0. The van der Waals surface area contributed by atoms with Crippen LogP contribution in [0.3, 0.4) is 0 Å². The lowest BCUT2D eigenvalue weighted by Crippen LogP contribution is -2.25. The Bertz CT molecular complexity index is 114. The quantitative estimate of drug-likeness (QED) is 0.482. The molecular weight excluding hydrogens is 124 g/mol. The Labute approximate surface area is 53.6 Å². The van der Waals surface area contributed by atoms with E-state index in [0.29, 0.717) is 6.54 Å². The number of alkyl halides is 2. The molecule has 0 bridgehead atoms. The summed E-state index contributed by atoms with van der Waals surface area (Å²) in [5.74, 6) is -2.92. The smallest absolute Gasteiger partial charge is 0.264 e. The lowest BCUT2D eigenvalue weighted by molar-refractivity contribution is -0.0197. The summed E-state index contributed by atoms with van der Waals surface area (Å²) in [6, 6.07) is 0. The zero-order chi connectivity index (χ0) is 7.07. The SMILES string of the molecule is CC1CN(C)CC1(F)F. The molecular formula is C6H11F2N.